The van der Waals surface area contributed by atoms with Crippen LogP contribution in [-0.2, 0) is 22.4 Å². The molecule has 4 rings (SSSR count). The number of amides is 1. The molecule has 1 aliphatic heterocycles. The van der Waals surface area contributed by atoms with Gasteiger partial charge < -0.3 is 15.0 Å². The van der Waals surface area contributed by atoms with Crippen LogP contribution in [0, 0.1) is 12.3 Å². The summed E-state index contributed by atoms with van der Waals surface area (Å²) >= 11 is 0. The van der Waals surface area contributed by atoms with Gasteiger partial charge in [-0.15, -0.1) is 0 Å². The lowest BCUT2D eigenvalue weighted by Crippen LogP contribution is -2.40. The molecule has 6 heteroatoms. The zero-order valence-electron chi connectivity index (χ0n) is 17.6. The van der Waals surface area contributed by atoms with E-state index < -0.39 is 0 Å². The summed E-state index contributed by atoms with van der Waals surface area (Å²) in [7, 11) is 0. The Morgan fingerprint density at radius 2 is 2.03 bits per heavy atom. The minimum absolute atomic E-state index is 0.0465. The van der Waals surface area contributed by atoms with Gasteiger partial charge in [0.15, 0.2) is 0 Å². The number of morpholine rings is 1. The van der Waals surface area contributed by atoms with Gasteiger partial charge in [0.1, 0.15) is 0 Å². The average Bonchev–Trinajstić information content (AvgIpc) is 2.69. The normalized spacial score (nSPS) is 20.8. The smallest absolute Gasteiger partial charge is 0.225 e. The van der Waals surface area contributed by atoms with Gasteiger partial charge in [0.25, 0.3) is 0 Å². The lowest BCUT2D eigenvalue weighted by molar-refractivity contribution is -0.121. The number of carbonyl (C=O) groups is 1. The lowest BCUT2D eigenvalue weighted by Gasteiger charge is -2.37. The van der Waals surface area contributed by atoms with Crippen molar-refractivity contribution in [2.45, 2.75) is 46.1 Å². The Morgan fingerprint density at radius 1 is 1.28 bits per heavy atom. The molecule has 0 unspecified atom stereocenters. The molecule has 1 amide bonds. The van der Waals surface area contributed by atoms with Crippen molar-refractivity contribution in [2.75, 3.05) is 31.2 Å². The van der Waals surface area contributed by atoms with Crippen LogP contribution in [0.3, 0.4) is 0 Å². The van der Waals surface area contributed by atoms with Gasteiger partial charge in [-0.2, -0.15) is 0 Å². The number of ether oxygens (including phenoxy) is 1. The summed E-state index contributed by atoms with van der Waals surface area (Å²) in [6.45, 7) is 9.59. The Labute approximate surface area is 172 Å². The number of hydrogen-bond donors (Lipinski definition) is 1. The second kappa shape index (κ2) is 8.11. The van der Waals surface area contributed by atoms with Crippen LogP contribution >= 0.6 is 0 Å². The Balaban J connectivity index is 1.54. The van der Waals surface area contributed by atoms with Gasteiger partial charge in [0.2, 0.25) is 11.9 Å². The van der Waals surface area contributed by atoms with E-state index in [2.05, 4.69) is 29.0 Å². The first kappa shape index (κ1) is 19.8. The first-order chi connectivity index (χ1) is 13.9. The molecule has 29 heavy (non-hydrogen) atoms. The van der Waals surface area contributed by atoms with E-state index >= 15 is 0 Å². The van der Waals surface area contributed by atoms with Crippen LogP contribution in [0.1, 0.15) is 48.7 Å². The quantitative estimate of drug-likeness (QED) is 0.864. The van der Waals surface area contributed by atoms with E-state index in [-0.39, 0.29) is 17.4 Å². The number of carbonyl (C=O) groups excluding carboxylic acids is 1. The molecule has 1 N–H and O–H groups in total. The first-order valence-electron chi connectivity index (χ1n) is 10.4. The highest BCUT2D eigenvalue weighted by Gasteiger charge is 2.35. The van der Waals surface area contributed by atoms with Gasteiger partial charge >= 0.3 is 0 Å². The SMILES string of the molecule is Cc1ccccc1CC(=O)N[C@@H]1CC(C)(C)Cc2nc(N3CCOCC3)ncc21. The van der Waals surface area contributed by atoms with Gasteiger partial charge in [-0.3, -0.25) is 4.79 Å². The van der Waals surface area contributed by atoms with E-state index in [4.69, 9.17) is 9.72 Å². The van der Waals surface area contributed by atoms with Crippen LogP contribution in [0.15, 0.2) is 30.5 Å². The largest absolute Gasteiger partial charge is 0.378 e. The van der Waals surface area contributed by atoms with E-state index in [9.17, 15) is 4.79 Å². The summed E-state index contributed by atoms with van der Waals surface area (Å²) in [6.07, 6.45) is 4.10. The maximum absolute atomic E-state index is 12.8. The number of hydrogen-bond acceptors (Lipinski definition) is 5. The number of anilines is 1. The number of benzene rings is 1. The third-order valence-electron chi connectivity index (χ3n) is 5.91. The van der Waals surface area contributed by atoms with Crippen molar-refractivity contribution in [3.8, 4) is 0 Å². The number of rotatable bonds is 4. The molecule has 0 saturated carbocycles. The van der Waals surface area contributed by atoms with Gasteiger partial charge in [-0.1, -0.05) is 38.1 Å². The van der Waals surface area contributed by atoms with E-state index in [1.807, 2.05) is 37.4 Å². The number of nitrogens with one attached hydrogen (secondary N) is 1. The molecule has 0 radical (unpaired) electrons. The predicted molar refractivity (Wildman–Crippen MR) is 113 cm³/mol. The van der Waals surface area contributed by atoms with E-state index in [0.29, 0.717) is 19.6 Å². The summed E-state index contributed by atoms with van der Waals surface area (Å²) in [5.41, 5.74) is 4.40. The minimum atomic E-state index is -0.0518. The van der Waals surface area contributed by atoms with Crippen LogP contribution in [0.2, 0.25) is 0 Å². The molecule has 2 aromatic rings. The predicted octanol–water partition coefficient (Wildman–Crippen LogP) is 2.99. The number of fused-ring (bicyclic) bond motifs is 1. The first-order valence-corrected chi connectivity index (χ1v) is 10.4. The Kier molecular flexibility index (Phi) is 5.54. The summed E-state index contributed by atoms with van der Waals surface area (Å²) in [6, 6.07) is 7.99. The van der Waals surface area contributed by atoms with Crippen LogP contribution in [-0.4, -0.2) is 42.2 Å². The van der Waals surface area contributed by atoms with E-state index in [0.717, 1.165) is 54.3 Å². The molecule has 1 aromatic heterocycles. The Morgan fingerprint density at radius 3 is 2.79 bits per heavy atom. The summed E-state index contributed by atoms with van der Waals surface area (Å²) in [5.74, 6) is 0.819. The third kappa shape index (κ3) is 4.58. The molecule has 154 valence electrons. The second-order valence-electron chi connectivity index (χ2n) is 8.94. The van der Waals surface area contributed by atoms with Crippen molar-refractivity contribution in [2.24, 2.45) is 5.41 Å². The zero-order valence-corrected chi connectivity index (χ0v) is 17.6. The standard InChI is InChI=1S/C23H30N4O2/c1-16-6-4-5-7-17(16)12-21(28)25-19-13-23(2,3)14-20-18(19)15-24-22(26-20)27-8-10-29-11-9-27/h4-7,15,19H,8-14H2,1-3H3,(H,25,28)/t19-/m1/s1. The Hall–Kier alpha value is -2.47. The fourth-order valence-electron chi connectivity index (χ4n) is 4.31. The molecule has 1 atom stereocenters. The molecule has 1 aliphatic carbocycles. The number of aromatic nitrogens is 2. The molecule has 6 nitrogen and oxygen atoms in total. The zero-order chi connectivity index (χ0) is 20.4. The molecule has 1 fully saturated rings. The molecular formula is C23H30N4O2. The second-order valence-corrected chi connectivity index (χ2v) is 8.94. The van der Waals surface area contributed by atoms with Crippen molar-refractivity contribution in [1.82, 2.24) is 15.3 Å². The molecule has 0 bridgehead atoms. The lowest BCUT2D eigenvalue weighted by atomic mass is 9.74. The third-order valence-corrected chi connectivity index (χ3v) is 5.91. The van der Waals surface area contributed by atoms with Crippen molar-refractivity contribution < 1.29 is 9.53 Å². The van der Waals surface area contributed by atoms with Crippen molar-refractivity contribution in [3.05, 3.63) is 52.8 Å². The van der Waals surface area contributed by atoms with Gasteiger partial charge in [0.05, 0.1) is 31.4 Å². The number of aryl methyl sites for hydroxylation is 1. The fourth-order valence-corrected chi connectivity index (χ4v) is 4.31. The Bertz CT molecular complexity index is 890. The van der Waals surface area contributed by atoms with Crippen LogP contribution in [0.25, 0.3) is 0 Å². The topological polar surface area (TPSA) is 67.4 Å². The molecule has 2 heterocycles. The van der Waals surface area contributed by atoms with Crippen LogP contribution < -0.4 is 10.2 Å². The summed E-state index contributed by atoms with van der Waals surface area (Å²) in [4.78, 5) is 24.5. The minimum Gasteiger partial charge on any atom is -0.378 e. The van der Waals surface area contributed by atoms with E-state index in [1.165, 1.54) is 0 Å². The van der Waals surface area contributed by atoms with Crippen molar-refractivity contribution in [3.63, 3.8) is 0 Å². The highest BCUT2D eigenvalue weighted by molar-refractivity contribution is 5.79. The van der Waals surface area contributed by atoms with Crippen LogP contribution in [0.4, 0.5) is 5.95 Å². The summed E-state index contributed by atoms with van der Waals surface area (Å²) in [5, 5.41) is 3.25. The maximum Gasteiger partial charge on any atom is 0.225 e. The van der Waals surface area contributed by atoms with Crippen molar-refractivity contribution >= 4 is 11.9 Å². The van der Waals surface area contributed by atoms with Gasteiger partial charge in [0, 0.05) is 24.8 Å². The number of nitrogens with zero attached hydrogens (tertiary/aromatic N) is 3. The monoisotopic (exact) mass is 394 g/mol. The molecular weight excluding hydrogens is 364 g/mol. The molecule has 2 aliphatic rings. The van der Waals surface area contributed by atoms with Crippen LogP contribution in [0.5, 0.6) is 0 Å². The molecule has 1 saturated heterocycles. The molecule has 0 spiro atoms. The molecule has 1 aromatic carbocycles. The highest BCUT2D eigenvalue weighted by Crippen LogP contribution is 2.40. The average molecular weight is 395 g/mol. The fraction of sp³-hybridized carbons (Fsp3) is 0.522. The van der Waals surface area contributed by atoms with E-state index in [1.54, 1.807) is 0 Å². The maximum atomic E-state index is 12.8. The van der Waals surface area contributed by atoms with Crippen molar-refractivity contribution in [1.29, 1.82) is 0 Å². The van der Waals surface area contributed by atoms with Gasteiger partial charge in [-0.05, 0) is 36.3 Å². The van der Waals surface area contributed by atoms with Gasteiger partial charge in [-0.25, -0.2) is 9.97 Å². The summed E-state index contributed by atoms with van der Waals surface area (Å²) < 4.78 is 5.44. The highest BCUT2D eigenvalue weighted by atomic mass is 16.5.